The van der Waals surface area contributed by atoms with Gasteiger partial charge in [-0.15, -0.1) is 0 Å². The van der Waals surface area contributed by atoms with Crippen molar-refractivity contribution in [3.05, 3.63) is 30.3 Å². The van der Waals surface area contributed by atoms with Crippen LogP contribution in [0, 0.1) is 0 Å². The summed E-state index contributed by atoms with van der Waals surface area (Å²) in [5, 5.41) is 5.86. The number of carbonyl (C=O) groups is 1. The van der Waals surface area contributed by atoms with Crippen LogP contribution in [0.1, 0.15) is 13.8 Å². The average Bonchev–Trinajstić information content (AvgIpc) is 2.25. The van der Waals surface area contributed by atoms with Crippen molar-refractivity contribution in [1.82, 2.24) is 10.6 Å². The summed E-state index contributed by atoms with van der Waals surface area (Å²) in [5.41, 5.74) is 0. The van der Waals surface area contributed by atoms with Crippen LogP contribution < -0.4 is 15.4 Å². The summed E-state index contributed by atoms with van der Waals surface area (Å²) in [4.78, 5) is 11.3. The van der Waals surface area contributed by atoms with Crippen LogP contribution in [-0.4, -0.2) is 25.2 Å². The molecule has 1 aromatic rings. The number of hydrogen-bond acceptors (Lipinski definition) is 3. The summed E-state index contributed by atoms with van der Waals surface area (Å²) in [6, 6.07) is 9.42. The Bertz CT molecular complexity index is 312. The van der Waals surface area contributed by atoms with Crippen LogP contribution in [-0.2, 0) is 0 Å². The number of ether oxygens (including phenoxy) is 1. The van der Waals surface area contributed by atoms with E-state index in [2.05, 4.69) is 24.5 Å². The Morgan fingerprint density at radius 1 is 1.25 bits per heavy atom. The Morgan fingerprint density at radius 2 is 1.94 bits per heavy atom. The van der Waals surface area contributed by atoms with Gasteiger partial charge in [0.25, 0.3) is 0 Å². The summed E-state index contributed by atoms with van der Waals surface area (Å²) in [7, 11) is 0. The molecule has 0 fully saturated rings. The third-order valence-electron chi connectivity index (χ3n) is 1.90. The summed E-state index contributed by atoms with van der Waals surface area (Å²) in [5.74, 6) is 0.553. The van der Waals surface area contributed by atoms with Gasteiger partial charge in [-0.3, -0.25) is 0 Å². The van der Waals surface area contributed by atoms with Crippen molar-refractivity contribution in [3.63, 3.8) is 0 Å². The molecule has 0 bridgehead atoms. The van der Waals surface area contributed by atoms with E-state index in [9.17, 15) is 4.79 Å². The lowest BCUT2D eigenvalue weighted by Gasteiger charge is -2.09. The minimum absolute atomic E-state index is 0.420. The van der Waals surface area contributed by atoms with Crippen molar-refractivity contribution >= 4 is 6.09 Å². The third-order valence-corrected chi connectivity index (χ3v) is 1.90. The highest BCUT2D eigenvalue weighted by atomic mass is 16.5. The maximum Gasteiger partial charge on any atom is 0.412 e. The quantitative estimate of drug-likeness (QED) is 0.746. The molecule has 0 aliphatic rings. The molecule has 88 valence electrons. The molecule has 0 unspecified atom stereocenters. The number of para-hydroxylation sites is 1. The van der Waals surface area contributed by atoms with E-state index < -0.39 is 6.09 Å². The fourth-order valence-electron chi connectivity index (χ4n) is 1.16. The summed E-state index contributed by atoms with van der Waals surface area (Å²) >= 11 is 0. The van der Waals surface area contributed by atoms with Gasteiger partial charge >= 0.3 is 6.09 Å². The predicted molar refractivity (Wildman–Crippen MR) is 63.6 cm³/mol. The molecule has 0 spiro atoms. The molecule has 2 N–H and O–H groups in total. The van der Waals surface area contributed by atoms with E-state index in [1.54, 1.807) is 12.1 Å². The molecule has 4 nitrogen and oxygen atoms in total. The van der Waals surface area contributed by atoms with Gasteiger partial charge in [0, 0.05) is 19.1 Å². The second kappa shape index (κ2) is 6.85. The second-order valence-corrected chi connectivity index (χ2v) is 3.74. The first-order chi connectivity index (χ1) is 7.68. The molecule has 16 heavy (non-hydrogen) atoms. The highest BCUT2D eigenvalue weighted by Crippen LogP contribution is 2.07. The van der Waals surface area contributed by atoms with Gasteiger partial charge < -0.3 is 15.4 Å². The third kappa shape index (κ3) is 5.36. The SMILES string of the molecule is CC(C)NCCNC(=O)Oc1ccccc1. The molecule has 0 aromatic heterocycles. The summed E-state index contributed by atoms with van der Waals surface area (Å²) < 4.78 is 5.04. The standard InChI is InChI=1S/C12H18N2O2/c1-10(2)13-8-9-14-12(15)16-11-6-4-3-5-7-11/h3-7,10,13H,8-9H2,1-2H3,(H,14,15). The van der Waals surface area contributed by atoms with Crippen LogP contribution in [0.2, 0.25) is 0 Å². The molecular formula is C12H18N2O2. The van der Waals surface area contributed by atoms with Crippen molar-refractivity contribution < 1.29 is 9.53 Å². The fourth-order valence-corrected chi connectivity index (χ4v) is 1.16. The van der Waals surface area contributed by atoms with E-state index in [4.69, 9.17) is 4.74 Å². The Kier molecular flexibility index (Phi) is 5.36. The number of amides is 1. The Balaban J connectivity index is 2.17. The maximum atomic E-state index is 11.3. The average molecular weight is 222 g/mol. The van der Waals surface area contributed by atoms with Crippen LogP contribution in [0.25, 0.3) is 0 Å². The van der Waals surface area contributed by atoms with Gasteiger partial charge in [-0.05, 0) is 12.1 Å². The highest BCUT2D eigenvalue weighted by molar-refractivity contribution is 5.70. The van der Waals surface area contributed by atoms with Gasteiger partial charge in [-0.1, -0.05) is 32.0 Å². The first kappa shape index (κ1) is 12.5. The van der Waals surface area contributed by atoms with Crippen LogP contribution >= 0.6 is 0 Å². The van der Waals surface area contributed by atoms with Crippen molar-refractivity contribution in [1.29, 1.82) is 0 Å². The van der Waals surface area contributed by atoms with Gasteiger partial charge in [0.05, 0.1) is 0 Å². The molecule has 4 heteroatoms. The molecule has 0 aliphatic carbocycles. The van der Waals surface area contributed by atoms with E-state index in [1.165, 1.54) is 0 Å². The van der Waals surface area contributed by atoms with Crippen LogP contribution in [0.4, 0.5) is 4.79 Å². The second-order valence-electron chi connectivity index (χ2n) is 3.74. The van der Waals surface area contributed by atoms with E-state index in [0.717, 1.165) is 6.54 Å². The summed E-state index contributed by atoms with van der Waals surface area (Å²) in [6.07, 6.45) is -0.420. The maximum absolute atomic E-state index is 11.3. The molecule has 0 aliphatic heterocycles. The minimum atomic E-state index is -0.420. The van der Waals surface area contributed by atoms with E-state index in [1.807, 2.05) is 18.2 Å². The van der Waals surface area contributed by atoms with Crippen molar-refractivity contribution in [2.75, 3.05) is 13.1 Å². The lowest BCUT2D eigenvalue weighted by atomic mass is 10.3. The van der Waals surface area contributed by atoms with Gasteiger partial charge in [-0.2, -0.15) is 0 Å². The molecule has 0 heterocycles. The normalized spacial score (nSPS) is 10.2. The minimum Gasteiger partial charge on any atom is -0.410 e. The molecule has 0 saturated heterocycles. The molecule has 0 saturated carbocycles. The zero-order valence-electron chi connectivity index (χ0n) is 9.69. The van der Waals surface area contributed by atoms with Gasteiger partial charge in [0.15, 0.2) is 0 Å². The smallest absolute Gasteiger partial charge is 0.410 e. The van der Waals surface area contributed by atoms with Crippen molar-refractivity contribution in [3.8, 4) is 5.75 Å². The fraction of sp³-hybridized carbons (Fsp3) is 0.417. The zero-order chi connectivity index (χ0) is 11.8. The van der Waals surface area contributed by atoms with Crippen LogP contribution in [0.5, 0.6) is 5.75 Å². The monoisotopic (exact) mass is 222 g/mol. The number of hydrogen-bond donors (Lipinski definition) is 2. The van der Waals surface area contributed by atoms with E-state index in [-0.39, 0.29) is 0 Å². The molecule has 1 aromatic carbocycles. The Labute approximate surface area is 96.0 Å². The first-order valence-corrected chi connectivity index (χ1v) is 5.42. The van der Waals surface area contributed by atoms with Gasteiger partial charge in [0.1, 0.15) is 5.75 Å². The lowest BCUT2D eigenvalue weighted by Crippen LogP contribution is -2.35. The first-order valence-electron chi connectivity index (χ1n) is 5.42. The summed E-state index contributed by atoms with van der Waals surface area (Å²) in [6.45, 7) is 5.41. The van der Waals surface area contributed by atoms with Crippen LogP contribution in [0.15, 0.2) is 30.3 Å². The predicted octanol–water partition coefficient (Wildman–Crippen LogP) is 1.77. The Hall–Kier alpha value is -1.55. The van der Waals surface area contributed by atoms with Crippen LogP contribution in [0.3, 0.4) is 0 Å². The number of carbonyl (C=O) groups excluding carboxylic acids is 1. The highest BCUT2D eigenvalue weighted by Gasteiger charge is 2.02. The zero-order valence-corrected chi connectivity index (χ0v) is 9.69. The molecule has 0 radical (unpaired) electrons. The molecule has 1 rings (SSSR count). The van der Waals surface area contributed by atoms with Crippen molar-refractivity contribution in [2.45, 2.75) is 19.9 Å². The molecule has 0 atom stereocenters. The number of nitrogens with one attached hydrogen (secondary N) is 2. The van der Waals surface area contributed by atoms with E-state index >= 15 is 0 Å². The van der Waals surface area contributed by atoms with Gasteiger partial charge in [-0.25, -0.2) is 4.79 Å². The van der Waals surface area contributed by atoms with E-state index in [0.29, 0.717) is 18.3 Å². The van der Waals surface area contributed by atoms with Crippen molar-refractivity contribution in [2.24, 2.45) is 0 Å². The Morgan fingerprint density at radius 3 is 2.56 bits per heavy atom. The lowest BCUT2D eigenvalue weighted by molar-refractivity contribution is 0.200. The molecular weight excluding hydrogens is 204 g/mol. The largest absolute Gasteiger partial charge is 0.412 e. The number of rotatable bonds is 5. The topological polar surface area (TPSA) is 50.4 Å². The van der Waals surface area contributed by atoms with Gasteiger partial charge in [0.2, 0.25) is 0 Å². The number of benzene rings is 1. The molecule has 1 amide bonds.